The molecule has 2 aromatic rings. The summed E-state index contributed by atoms with van der Waals surface area (Å²) < 4.78 is 5.75. The summed E-state index contributed by atoms with van der Waals surface area (Å²) in [7, 11) is 1.37. The number of halogens is 1. The molecular formula is C13H13BrN2O2S. The largest absolute Gasteiger partial charge is 0.465 e. The molecule has 0 bridgehead atoms. The van der Waals surface area contributed by atoms with Gasteiger partial charge in [0.25, 0.3) is 0 Å². The molecule has 0 amide bonds. The summed E-state index contributed by atoms with van der Waals surface area (Å²) in [5, 5.41) is 3.93. The molecule has 1 aromatic heterocycles. The van der Waals surface area contributed by atoms with Gasteiger partial charge < -0.3 is 10.1 Å². The number of nitrogens with zero attached hydrogens (tertiary/aromatic N) is 1. The van der Waals surface area contributed by atoms with E-state index in [1.54, 1.807) is 6.92 Å². The summed E-state index contributed by atoms with van der Waals surface area (Å²) in [5.41, 5.74) is 1.82. The molecule has 6 heteroatoms. The molecule has 0 aliphatic rings. The van der Waals surface area contributed by atoms with Crippen LogP contribution in [0.15, 0.2) is 28.7 Å². The second kappa shape index (κ2) is 6.16. The number of ether oxygens (including phenoxy) is 1. The minimum absolute atomic E-state index is 0.344. The van der Waals surface area contributed by atoms with Gasteiger partial charge in [-0.2, -0.15) is 0 Å². The average Bonchev–Trinajstić information content (AvgIpc) is 2.78. The quantitative estimate of drug-likeness (QED) is 0.863. The van der Waals surface area contributed by atoms with Gasteiger partial charge in [-0.1, -0.05) is 45.5 Å². The Kier molecular flexibility index (Phi) is 4.55. The molecule has 0 saturated carbocycles. The molecular weight excluding hydrogens is 328 g/mol. The van der Waals surface area contributed by atoms with Crippen molar-refractivity contribution in [2.45, 2.75) is 13.5 Å². The fraction of sp³-hybridized carbons (Fsp3) is 0.231. The molecule has 0 unspecified atom stereocenters. The third-order valence-corrected chi connectivity index (χ3v) is 4.42. The second-order valence-corrected chi connectivity index (χ2v) is 5.72. The smallest absolute Gasteiger partial charge is 0.350 e. The Hall–Kier alpha value is -1.40. The lowest BCUT2D eigenvalue weighted by Crippen LogP contribution is -1.99. The number of methoxy groups -OCH3 is 1. The van der Waals surface area contributed by atoms with Crippen molar-refractivity contribution in [3.8, 4) is 0 Å². The van der Waals surface area contributed by atoms with Crippen LogP contribution in [0.4, 0.5) is 5.13 Å². The highest BCUT2D eigenvalue weighted by molar-refractivity contribution is 9.10. The van der Waals surface area contributed by atoms with E-state index in [-0.39, 0.29) is 5.97 Å². The van der Waals surface area contributed by atoms with E-state index in [1.165, 1.54) is 18.4 Å². The van der Waals surface area contributed by atoms with Gasteiger partial charge >= 0.3 is 5.97 Å². The summed E-state index contributed by atoms with van der Waals surface area (Å²) in [6.45, 7) is 2.45. The first kappa shape index (κ1) is 14.0. The van der Waals surface area contributed by atoms with Gasteiger partial charge in [0.05, 0.1) is 12.8 Å². The van der Waals surface area contributed by atoms with Crippen molar-refractivity contribution < 1.29 is 9.53 Å². The van der Waals surface area contributed by atoms with Crippen LogP contribution in [0.25, 0.3) is 0 Å². The highest BCUT2D eigenvalue weighted by atomic mass is 79.9. The average molecular weight is 341 g/mol. The highest BCUT2D eigenvalue weighted by Crippen LogP contribution is 2.24. The summed E-state index contributed by atoms with van der Waals surface area (Å²) in [4.78, 5) is 16.3. The number of aromatic nitrogens is 1. The van der Waals surface area contributed by atoms with Gasteiger partial charge in [0.2, 0.25) is 0 Å². The van der Waals surface area contributed by atoms with Crippen molar-refractivity contribution >= 4 is 38.4 Å². The summed E-state index contributed by atoms with van der Waals surface area (Å²) in [6, 6.07) is 7.97. The van der Waals surface area contributed by atoms with Crippen molar-refractivity contribution in [3.05, 3.63) is 44.9 Å². The maximum absolute atomic E-state index is 11.5. The fourth-order valence-corrected chi connectivity index (χ4v) is 2.87. The van der Waals surface area contributed by atoms with Crippen LogP contribution in [0.1, 0.15) is 20.9 Å². The third-order valence-electron chi connectivity index (χ3n) is 2.56. The van der Waals surface area contributed by atoms with Crippen LogP contribution >= 0.6 is 27.3 Å². The first-order valence-corrected chi connectivity index (χ1v) is 7.25. The van der Waals surface area contributed by atoms with Crippen molar-refractivity contribution in [1.29, 1.82) is 0 Å². The third kappa shape index (κ3) is 3.33. The Morgan fingerprint density at radius 3 is 2.89 bits per heavy atom. The maximum atomic E-state index is 11.5. The van der Waals surface area contributed by atoms with Gasteiger partial charge in [-0.05, 0) is 18.6 Å². The number of carbonyl (C=O) groups excluding carboxylic acids is 1. The Balaban J connectivity index is 2.09. The minimum atomic E-state index is -0.344. The molecule has 0 aliphatic heterocycles. The summed E-state index contributed by atoms with van der Waals surface area (Å²) in [6.07, 6.45) is 0. The van der Waals surface area contributed by atoms with Crippen LogP contribution in [-0.4, -0.2) is 18.1 Å². The van der Waals surface area contributed by atoms with Crippen LogP contribution in [0.2, 0.25) is 0 Å². The molecule has 1 N–H and O–H groups in total. The van der Waals surface area contributed by atoms with Gasteiger partial charge in [0, 0.05) is 11.0 Å². The Labute approximate surface area is 124 Å². The molecule has 0 spiro atoms. The molecule has 1 aromatic carbocycles. The van der Waals surface area contributed by atoms with Crippen LogP contribution in [-0.2, 0) is 11.3 Å². The predicted molar refractivity (Wildman–Crippen MR) is 79.7 cm³/mol. The van der Waals surface area contributed by atoms with Crippen molar-refractivity contribution in [2.24, 2.45) is 0 Å². The van der Waals surface area contributed by atoms with Gasteiger partial charge in [-0.3, -0.25) is 0 Å². The monoisotopic (exact) mass is 340 g/mol. The summed E-state index contributed by atoms with van der Waals surface area (Å²) >= 11 is 4.80. The number of hydrogen-bond donors (Lipinski definition) is 1. The zero-order valence-electron chi connectivity index (χ0n) is 10.6. The predicted octanol–water partition coefficient (Wildman–Crippen LogP) is 3.61. The van der Waals surface area contributed by atoms with E-state index >= 15 is 0 Å². The molecule has 4 nitrogen and oxygen atoms in total. The molecule has 0 saturated heterocycles. The Morgan fingerprint density at radius 2 is 2.21 bits per heavy atom. The topological polar surface area (TPSA) is 51.2 Å². The molecule has 2 rings (SSSR count). The molecule has 0 atom stereocenters. The van der Waals surface area contributed by atoms with E-state index in [9.17, 15) is 4.79 Å². The number of benzene rings is 1. The van der Waals surface area contributed by atoms with Crippen molar-refractivity contribution in [2.75, 3.05) is 12.4 Å². The maximum Gasteiger partial charge on any atom is 0.350 e. The number of carbonyl (C=O) groups is 1. The molecule has 0 radical (unpaired) electrons. The van der Waals surface area contributed by atoms with Gasteiger partial charge in [0.15, 0.2) is 5.13 Å². The first-order valence-electron chi connectivity index (χ1n) is 5.65. The molecule has 19 heavy (non-hydrogen) atoms. The summed E-state index contributed by atoms with van der Waals surface area (Å²) in [5.74, 6) is -0.344. The lowest BCUT2D eigenvalue weighted by atomic mass is 10.2. The first-order chi connectivity index (χ1) is 9.11. The van der Waals surface area contributed by atoms with E-state index < -0.39 is 0 Å². The van der Waals surface area contributed by atoms with Crippen LogP contribution in [0, 0.1) is 6.92 Å². The van der Waals surface area contributed by atoms with E-state index in [0.717, 1.165) is 10.0 Å². The van der Waals surface area contributed by atoms with Gasteiger partial charge in [0.1, 0.15) is 4.88 Å². The number of rotatable bonds is 4. The van der Waals surface area contributed by atoms with E-state index in [0.29, 0.717) is 22.2 Å². The Morgan fingerprint density at radius 1 is 1.47 bits per heavy atom. The van der Waals surface area contributed by atoms with Gasteiger partial charge in [-0.25, -0.2) is 9.78 Å². The number of anilines is 1. The molecule has 0 fully saturated rings. The van der Waals surface area contributed by atoms with Crippen LogP contribution in [0.5, 0.6) is 0 Å². The zero-order chi connectivity index (χ0) is 13.8. The van der Waals surface area contributed by atoms with E-state index in [1.807, 2.05) is 24.3 Å². The fourth-order valence-electron chi connectivity index (χ4n) is 1.57. The van der Waals surface area contributed by atoms with Crippen LogP contribution in [0.3, 0.4) is 0 Å². The Bertz CT molecular complexity index is 598. The number of thiazole rings is 1. The zero-order valence-corrected chi connectivity index (χ0v) is 13.0. The van der Waals surface area contributed by atoms with E-state index in [4.69, 9.17) is 4.74 Å². The number of nitrogens with one attached hydrogen (secondary N) is 1. The van der Waals surface area contributed by atoms with E-state index in [2.05, 4.69) is 26.2 Å². The SMILES string of the molecule is COC(=O)c1sc(NCc2ccccc2Br)nc1C. The normalized spacial score (nSPS) is 10.3. The van der Waals surface area contributed by atoms with Crippen molar-refractivity contribution in [3.63, 3.8) is 0 Å². The number of aryl methyl sites for hydroxylation is 1. The second-order valence-electron chi connectivity index (χ2n) is 3.87. The number of esters is 1. The van der Waals surface area contributed by atoms with Crippen LogP contribution < -0.4 is 5.32 Å². The molecule has 0 aliphatic carbocycles. The number of hydrogen-bond acceptors (Lipinski definition) is 5. The lowest BCUT2D eigenvalue weighted by molar-refractivity contribution is 0.0605. The standard InChI is InChI=1S/C13H13BrN2O2S/c1-8-11(12(17)18-2)19-13(16-8)15-7-9-5-3-4-6-10(9)14/h3-6H,7H2,1-2H3,(H,15,16). The minimum Gasteiger partial charge on any atom is -0.465 e. The van der Waals surface area contributed by atoms with Crippen molar-refractivity contribution in [1.82, 2.24) is 4.98 Å². The molecule has 1 heterocycles. The molecule has 100 valence electrons. The highest BCUT2D eigenvalue weighted by Gasteiger charge is 2.15. The lowest BCUT2D eigenvalue weighted by Gasteiger charge is -2.04. The van der Waals surface area contributed by atoms with Gasteiger partial charge in [-0.15, -0.1) is 0 Å².